The molecule has 2 saturated heterocycles. The van der Waals surface area contributed by atoms with E-state index in [9.17, 15) is 9.18 Å². The van der Waals surface area contributed by atoms with Gasteiger partial charge in [-0.1, -0.05) is 11.6 Å². The van der Waals surface area contributed by atoms with Crippen LogP contribution in [0.1, 0.15) is 19.3 Å². The maximum Gasteiger partial charge on any atom is 0.239 e. The topological polar surface area (TPSA) is 110 Å². The average Bonchev–Trinajstić information content (AvgIpc) is 3.14. The number of hydrogen-bond donors (Lipinski definition) is 3. The third kappa shape index (κ3) is 7.63. The van der Waals surface area contributed by atoms with E-state index in [0.717, 1.165) is 52.4 Å². The van der Waals surface area contributed by atoms with Crippen LogP contribution < -0.4 is 16.0 Å². The van der Waals surface area contributed by atoms with E-state index < -0.39 is 5.95 Å². The molecule has 0 atom stereocenters. The Morgan fingerprint density at radius 3 is 2.75 bits per heavy atom. The van der Waals surface area contributed by atoms with Crippen LogP contribution in [0.3, 0.4) is 0 Å². The van der Waals surface area contributed by atoms with Gasteiger partial charge < -0.3 is 25.4 Å². The molecule has 0 saturated carbocycles. The number of pyridine rings is 1. The van der Waals surface area contributed by atoms with Crippen LogP contribution in [0.25, 0.3) is 11.3 Å². The number of nitrogens with one attached hydrogen (secondary N) is 3. The summed E-state index contributed by atoms with van der Waals surface area (Å²) in [5, 5.41) is 9.02. The second-order valence-corrected chi connectivity index (χ2v) is 7.77. The molecule has 0 aromatic carbocycles. The van der Waals surface area contributed by atoms with E-state index in [-0.39, 0.29) is 16.5 Å². The first-order chi connectivity index (χ1) is 15.7. The smallest absolute Gasteiger partial charge is 0.239 e. The van der Waals surface area contributed by atoms with E-state index >= 15 is 0 Å². The molecule has 4 heterocycles. The first-order valence-electron chi connectivity index (χ1n) is 10.7. The minimum atomic E-state index is -0.748. The Hall–Kier alpha value is -2.40. The molecule has 1 amide bonds. The molecule has 0 radical (unpaired) electrons. The monoisotopic (exact) mass is 466 g/mol. The third-order valence-corrected chi connectivity index (χ3v) is 5.32. The Morgan fingerprint density at radius 2 is 1.94 bits per heavy atom. The average molecular weight is 467 g/mol. The first-order valence-corrected chi connectivity index (χ1v) is 11.0. The van der Waals surface area contributed by atoms with Gasteiger partial charge in [0.1, 0.15) is 17.3 Å². The van der Waals surface area contributed by atoms with Crippen molar-refractivity contribution in [2.75, 3.05) is 56.7 Å². The predicted molar refractivity (Wildman–Crippen MR) is 120 cm³/mol. The lowest BCUT2D eigenvalue weighted by Crippen LogP contribution is -2.23. The van der Waals surface area contributed by atoms with Crippen LogP contribution in [0, 0.1) is 11.9 Å². The number of carbonyl (C=O) groups is 1. The van der Waals surface area contributed by atoms with Crippen LogP contribution in [0.4, 0.5) is 16.0 Å². The van der Waals surface area contributed by atoms with E-state index in [1.54, 1.807) is 0 Å². The maximum atomic E-state index is 14.2. The highest BCUT2D eigenvalue weighted by atomic mass is 35.5. The van der Waals surface area contributed by atoms with Crippen LogP contribution >= 0.6 is 11.6 Å². The molecule has 2 aliphatic rings. The summed E-state index contributed by atoms with van der Waals surface area (Å²) in [4.78, 5) is 22.5. The van der Waals surface area contributed by atoms with Crippen molar-refractivity contribution in [1.82, 2.24) is 20.3 Å². The van der Waals surface area contributed by atoms with Crippen molar-refractivity contribution >= 4 is 29.6 Å². The zero-order valence-corrected chi connectivity index (χ0v) is 18.5. The molecule has 32 heavy (non-hydrogen) atoms. The standard InChI is InChI=1S/C16H17ClFN5O2.C5H11NO/c17-12-7-20-13(22-9-24)5-11(12)15-16(18)21-8-14(23-15)19-6-10-1-3-25-4-2-10;1-2-6-3-5-7-4-1/h5,7-10H,1-4,6H2,(H,19,23)(H,20,22,24);6H,1-5H2. The molecule has 0 unspecified atom stereocenters. The molecule has 11 heteroatoms. The summed E-state index contributed by atoms with van der Waals surface area (Å²) in [5.41, 5.74) is 0.305. The zero-order chi connectivity index (χ0) is 22.6. The molecular weight excluding hydrogens is 439 g/mol. The van der Waals surface area contributed by atoms with Crippen molar-refractivity contribution in [1.29, 1.82) is 0 Å². The molecule has 174 valence electrons. The zero-order valence-electron chi connectivity index (χ0n) is 17.8. The molecular formula is C21H28ClFN6O3. The summed E-state index contributed by atoms with van der Waals surface area (Å²) in [6, 6.07) is 1.45. The van der Waals surface area contributed by atoms with Gasteiger partial charge >= 0.3 is 0 Å². The quantitative estimate of drug-likeness (QED) is 0.557. The Morgan fingerprint density at radius 1 is 1.12 bits per heavy atom. The summed E-state index contributed by atoms with van der Waals surface area (Å²) in [6.45, 7) is 6.20. The van der Waals surface area contributed by atoms with Crippen LogP contribution in [-0.2, 0) is 14.3 Å². The highest BCUT2D eigenvalue weighted by Crippen LogP contribution is 2.30. The van der Waals surface area contributed by atoms with Crippen LogP contribution in [0.15, 0.2) is 18.5 Å². The van der Waals surface area contributed by atoms with Crippen LogP contribution in [-0.4, -0.2) is 67.4 Å². The number of nitrogens with zero attached hydrogens (tertiary/aromatic N) is 3. The summed E-state index contributed by atoms with van der Waals surface area (Å²) in [5.74, 6) is 0.440. The normalized spacial score (nSPS) is 16.9. The van der Waals surface area contributed by atoms with E-state index in [0.29, 0.717) is 30.3 Å². The molecule has 9 nitrogen and oxygen atoms in total. The van der Waals surface area contributed by atoms with E-state index in [1.165, 1.54) is 24.9 Å². The highest BCUT2D eigenvalue weighted by Gasteiger charge is 2.17. The number of anilines is 2. The van der Waals surface area contributed by atoms with E-state index in [4.69, 9.17) is 21.1 Å². The van der Waals surface area contributed by atoms with Crippen molar-refractivity contribution in [2.45, 2.75) is 19.3 Å². The lowest BCUT2D eigenvalue weighted by atomic mass is 10.0. The Labute approximate surface area is 191 Å². The molecule has 0 spiro atoms. The number of rotatable bonds is 6. The Balaban J connectivity index is 0.000000352. The number of halogens is 2. The number of carbonyl (C=O) groups excluding carboxylic acids is 1. The lowest BCUT2D eigenvalue weighted by molar-refractivity contribution is -0.105. The van der Waals surface area contributed by atoms with Gasteiger partial charge in [-0.3, -0.25) is 4.79 Å². The van der Waals surface area contributed by atoms with Crippen molar-refractivity contribution < 1.29 is 18.7 Å². The maximum absolute atomic E-state index is 14.2. The van der Waals surface area contributed by atoms with E-state index in [2.05, 4.69) is 30.9 Å². The second-order valence-electron chi connectivity index (χ2n) is 7.36. The van der Waals surface area contributed by atoms with Crippen LogP contribution in [0.2, 0.25) is 5.02 Å². The SMILES string of the molecule is C1CNCCOC1.O=CNc1cc(-c2nc(NCC3CCOCC3)cnc2F)c(Cl)cn1. The number of aromatic nitrogens is 3. The molecule has 4 rings (SSSR count). The first kappa shape index (κ1) is 24.2. The van der Waals surface area contributed by atoms with Crippen molar-refractivity contribution in [3.05, 3.63) is 29.4 Å². The molecule has 2 aromatic rings. The van der Waals surface area contributed by atoms with Gasteiger partial charge in [0.15, 0.2) is 0 Å². The predicted octanol–water partition coefficient (Wildman–Crippen LogP) is 2.73. The lowest BCUT2D eigenvalue weighted by Gasteiger charge is -2.22. The largest absolute Gasteiger partial charge is 0.381 e. The van der Waals surface area contributed by atoms with Crippen molar-refractivity contribution in [3.63, 3.8) is 0 Å². The number of hydrogen-bond acceptors (Lipinski definition) is 8. The summed E-state index contributed by atoms with van der Waals surface area (Å²) in [6.07, 6.45) is 6.27. The fourth-order valence-corrected chi connectivity index (χ4v) is 3.45. The highest BCUT2D eigenvalue weighted by molar-refractivity contribution is 6.33. The van der Waals surface area contributed by atoms with E-state index in [1.807, 2.05) is 0 Å². The van der Waals surface area contributed by atoms with Crippen LogP contribution in [0.5, 0.6) is 0 Å². The fourth-order valence-electron chi connectivity index (χ4n) is 3.26. The number of ether oxygens (including phenoxy) is 2. The fraction of sp³-hybridized carbons (Fsp3) is 0.524. The molecule has 2 fully saturated rings. The Bertz CT molecular complexity index is 850. The third-order valence-electron chi connectivity index (χ3n) is 5.02. The Kier molecular flexibility index (Phi) is 10.0. The second kappa shape index (κ2) is 13.2. The van der Waals surface area contributed by atoms with Gasteiger partial charge in [0.05, 0.1) is 17.8 Å². The molecule has 2 aromatic heterocycles. The molecule has 2 aliphatic heterocycles. The van der Waals surface area contributed by atoms with Gasteiger partial charge in [-0.2, -0.15) is 4.39 Å². The summed E-state index contributed by atoms with van der Waals surface area (Å²) >= 11 is 6.11. The van der Waals surface area contributed by atoms with Crippen molar-refractivity contribution in [2.24, 2.45) is 5.92 Å². The molecule has 3 N–H and O–H groups in total. The number of amides is 1. The van der Waals surface area contributed by atoms with Gasteiger partial charge in [0.2, 0.25) is 12.4 Å². The minimum absolute atomic E-state index is 0.00155. The summed E-state index contributed by atoms with van der Waals surface area (Å²) < 4.78 is 24.6. The molecule has 0 bridgehead atoms. The van der Waals surface area contributed by atoms with Crippen molar-refractivity contribution in [3.8, 4) is 11.3 Å². The molecule has 0 aliphatic carbocycles. The van der Waals surface area contributed by atoms with Gasteiger partial charge in [-0.25, -0.2) is 15.0 Å². The van der Waals surface area contributed by atoms with Gasteiger partial charge in [-0.05, 0) is 37.8 Å². The minimum Gasteiger partial charge on any atom is -0.381 e. The van der Waals surface area contributed by atoms with Gasteiger partial charge in [0.25, 0.3) is 0 Å². The summed E-state index contributed by atoms with van der Waals surface area (Å²) in [7, 11) is 0. The van der Waals surface area contributed by atoms with Gasteiger partial charge in [0, 0.05) is 44.7 Å². The van der Waals surface area contributed by atoms with Gasteiger partial charge in [-0.15, -0.1) is 0 Å².